The van der Waals surface area contributed by atoms with E-state index in [0.29, 0.717) is 5.69 Å². The highest BCUT2D eigenvalue weighted by molar-refractivity contribution is 9.10. The molecule has 2 aromatic carbocycles. The Morgan fingerprint density at radius 3 is 2.19 bits per heavy atom. The summed E-state index contributed by atoms with van der Waals surface area (Å²) < 4.78 is 39.1. The minimum absolute atomic E-state index is 0.0198. The number of hydrogen-bond acceptors (Lipinski definition) is 6. The maximum atomic E-state index is 13.5. The molecule has 2 amide bonds. The van der Waals surface area contributed by atoms with E-state index in [9.17, 15) is 18.0 Å². The van der Waals surface area contributed by atoms with Gasteiger partial charge >= 0.3 is 0 Å². The molecule has 1 unspecified atom stereocenters. The van der Waals surface area contributed by atoms with Gasteiger partial charge in [0.05, 0.1) is 23.5 Å². The van der Waals surface area contributed by atoms with Gasteiger partial charge in [0.25, 0.3) is 5.91 Å². The van der Waals surface area contributed by atoms with Gasteiger partial charge in [-0.1, -0.05) is 33.6 Å². The molecule has 10 heteroatoms. The van der Waals surface area contributed by atoms with Crippen LogP contribution in [0.15, 0.2) is 57.9 Å². The number of methoxy groups -OCH3 is 2. The second-order valence-corrected chi connectivity index (χ2v) is 9.86. The van der Waals surface area contributed by atoms with Crippen molar-refractivity contribution in [2.24, 2.45) is 0 Å². The molecule has 31 heavy (non-hydrogen) atoms. The topological polar surface area (TPSA) is 93.2 Å². The van der Waals surface area contributed by atoms with Crippen LogP contribution in [-0.2, 0) is 29.1 Å². The lowest BCUT2D eigenvalue weighted by Gasteiger charge is -2.29. The highest BCUT2D eigenvalue weighted by atomic mass is 79.9. The van der Waals surface area contributed by atoms with Gasteiger partial charge in [-0.05, 0) is 43.3 Å². The molecule has 3 rings (SSSR count). The number of sulfonamides is 1. The fourth-order valence-corrected chi connectivity index (χ4v) is 5.17. The van der Waals surface area contributed by atoms with Gasteiger partial charge in [0, 0.05) is 18.7 Å². The molecule has 1 fully saturated rings. The smallest absolute Gasteiger partial charge is 0.252 e. The standard InChI is InChI=1S/C21H23BrN2O6S/c1-14-4-10-17(11-5-14)31(27,28)23(13-20(29-2)30-3)18-12-19(25)24(21(18)26)16-8-6-15(22)7-9-16/h4-11,18,20H,12-13H2,1-3H3. The number of anilines is 1. The molecule has 2 aromatic rings. The minimum Gasteiger partial charge on any atom is -0.354 e. The Balaban J connectivity index is 2.01. The van der Waals surface area contributed by atoms with Crippen molar-refractivity contribution >= 4 is 43.5 Å². The molecule has 1 atom stereocenters. The average Bonchev–Trinajstić information content (AvgIpc) is 3.03. The van der Waals surface area contributed by atoms with Crippen molar-refractivity contribution in [3.05, 3.63) is 58.6 Å². The first kappa shape index (κ1) is 23.6. The molecule has 0 bridgehead atoms. The van der Waals surface area contributed by atoms with E-state index in [1.54, 1.807) is 36.4 Å². The van der Waals surface area contributed by atoms with Crippen molar-refractivity contribution in [3.63, 3.8) is 0 Å². The third-order valence-corrected chi connectivity index (χ3v) is 7.46. The van der Waals surface area contributed by atoms with Crippen LogP contribution in [0.2, 0.25) is 0 Å². The normalized spacial score (nSPS) is 17.2. The highest BCUT2D eigenvalue weighted by Crippen LogP contribution is 2.30. The molecule has 0 aliphatic carbocycles. The second-order valence-electron chi connectivity index (χ2n) is 7.05. The lowest BCUT2D eigenvalue weighted by Crippen LogP contribution is -2.49. The Morgan fingerprint density at radius 1 is 1.06 bits per heavy atom. The van der Waals surface area contributed by atoms with E-state index < -0.39 is 34.2 Å². The van der Waals surface area contributed by atoms with Gasteiger partial charge in [-0.25, -0.2) is 13.3 Å². The zero-order chi connectivity index (χ0) is 22.8. The van der Waals surface area contributed by atoms with Crippen molar-refractivity contribution < 1.29 is 27.5 Å². The summed E-state index contributed by atoms with van der Waals surface area (Å²) in [5, 5.41) is 0. The van der Waals surface area contributed by atoms with Gasteiger partial charge in [0.15, 0.2) is 6.29 Å². The molecule has 166 valence electrons. The summed E-state index contributed by atoms with van der Waals surface area (Å²) in [6.07, 6.45) is -1.19. The molecular formula is C21H23BrN2O6S. The summed E-state index contributed by atoms with van der Waals surface area (Å²) in [7, 11) is -1.37. The summed E-state index contributed by atoms with van der Waals surface area (Å²) in [5.74, 6) is -1.10. The van der Waals surface area contributed by atoms with E-state index in [2.05, 4.69) is 15.9 Å². The van der Waals surface area contributed by atoms with E-state index in [1.807, 2.05) is 6.92 Å². The molecule has 0 spiro atoms. The fourth-order valence-electron chi connectivity index (χ4n) is 3.33. The summed E-state index contributed by atoms with van der Waals surface area (Å²) >= 11 is 3.32. The van der Waals surface area contributed by atoms with E-state index in [-0.39, 0.29) is 17.9 Å². The van der Waals surface area contributed by atoms with Crippen LogP contribution in [0.4, 0.5) is 5.69 Å². The summed E-state index contributed by atoms with van der Waals surface area (Å²) in [4.78, 5) is 27.0. The lowest BCUT2D eigenvalue weighted by atomic mass is 10.2. The Morgan fingerprint density at radius 2 is 1.65 bits per heavy atom. The number of carbonyl (C=O) groups excluding carboxylic acids is 2. The first-order chi connectivity index (χ1) is 14.7. The molecule has 1 heterocycles. The molecule has 8 nitrogen and oxygen atoms in total. The van der Waals surface area contributed by atoms with Crippen molar-refractivity contribution in [3.8, 4) is 0 Å². The van der Waals surface area contributed by atoms with E-state index in [0.717, 1.165) is 19.2 Å². The van der Waals surface area contributed by atoms with Gasteiger partial charge in [-0.2, -0.15) is 4.31 Å². The Hall–Kier alpha value is -2.11. The average molecular weight is 511 g/mol. The van der Waals surface area contributed by atoms with Crippen LogP contribution in [0.25, 0.3) is 0 Å². The number of nitrogens with zero attached hydrogens (tertiary/aromatic N) is 2. The number of halogens is 1. The van der Waals surface area contributed by atoms with Crippen LogP contribution in [0.5, 0.6) is 0 Å². The maximum absolute atomic E-state index is 13.5. The predicted molar refractivity (Wildman–Crippen MR) is 118 cm³/mol. The largest absolute Gasteiger partial charge is 0.354 e. The molecule has 0 aromatic heterocycles. The van der Waals surface area contributed by atoms with Gasteiger partial charge in [-0.3, -0.25) is 9.59 Å². The van der Waals surface area contributed by atoms with Crippen LogP contribution < -0.4 is 4.90 Å². The summed E-state index contributed by atoms with van der Waals surface area (Å²) in [6, 6.07) is 11.7. The highest BCUT2D eigenvalue weighted by Gasteiger charge is 2.47. The molecule has 0 radical (unpaired) electrons. The van der Waals surface area contributed by atoms with E-state index in [1.165, 1.54) is 26.4 Å². The van der Waals surface area contributed by atoms with Crippen molar-refractivity contribution in [1.29, 1.82) is 0 Å². The number of carbonyl (C=O) groups is 2. The predicted octanol–water partition coefficient (Wildman–Crippen LogP) is 2.70. The van der Waals surface area contributed by atoms with Crippen molar-refractivity contribution in [1.82, 2.24) is 4.31 Å². The zero-order valence-electron chi connectivity index (χ0n) is 17.3. The molecule has 1 aliphatic rings. The number of hydrogen-bond donors (Lipinski definition) is 0. The van der Waals surface area contributed by atoms with E-state index >= 15 is 0 Å². The summed E-state index contributed by atoms with van der Waals surface area (Å²) in [6.45, 7) is 1.59. The first-order valence-corrected chi connectivity index (χ1v) is 11.7. The van der Waals surface area contributed by atoms with Crippen LogP contribution in [0, 0.1) is 6.92 Å². The van der Waals surface area contributed by atoms with Crippen LogP contribution >= 0.6 is 15.9 Å². The number of imide groups is 1. The van der Waals surface area contributed by atoms with Crippen LogP contribution in [-0.4, -0.2) is 57.6 Å². The minimum atomic E-state index is -4.12. The van der Waals surface area contributed by atoms with Crippen LogP contribution in [0.3, 0.4) is 0 Å². The van der Waals surface area contributed by atoms with Gasteiger partial charge in [0.1, 0.15) is 6.04 Å². The number of ether oxygens (including phenoxy) is 2. The van der Waals surface area contributed by atoms with Gasteiger partial charge < -0.3 is 9.47 Å². The Bertz CT molecular complexity index is 1050. The molecule has 0 N–H and O–H groups in total. The zero-order valence-corrected chi connectivity index (χ0v) is 19.7. The fraction of sp³-hybridized carbons (Fsp3) is 0.333. The SMILES string of the molecule is COC(CN(C1CC(=O)N(c2ccc(Br)cc2)C1=O)S(=O)(=O)c1ccc(C)cc1)OC. The number of rotatable bonds is 8. The summed E-state index contributed by atoms with van der Waals surface area (Å²) in [5.41, 5.74) is 1.27. The van der Waals surface area contributed by atoms with Crippen molar-refractivity contribution in [2.75, 3.05) is 25.7 Å². The van der Waals surface area contributed by atoms with Crippen LogP contribution in [0.1, 0.15) is 12.0 Å². The Kier molecular flexibility index (Phi) is 7.28. The Labute approximate surface area is 189 Å². The molecule has 1 saturated heterocycles. The lowest BCUT2D eigenvalue weighted by molar-refractivity contribution is -0.125. The quantitative estimate of drug-likeness (QED) is 0.400. The number of benzene rings is 2. The number of aryl methyl sites for hydroxylation is 1. The molecule has 0 saturated carbocycles. The second kappa shape index (κ2) is 9.58. The number of amides is 2. The molecular weight excluding hydrogens is 488 g/mol. The van der Waals surface area contributed by atoms with E-state index in [4.69, 9.17) is 9.47 Å². The molecule has 1 aliphatic heterocycles. The van der Waals surface area contributed by atoms with Gasteiger partial charge in [-0.15, -0.1) is 0 Å². The van der Waals surface area contributed by atoms with Crippen molar-refractivity contribution in [2.45, 2.75) is 30.6 Å². The third kappa shape index (κ3) is 4.88. The monoisotopic (exact) mass is 510 g/mol. The maximum Gasteiger partial charge on any atom is 0.252 e. The first-order valence-electron chi connectivity index (χ1n) is 9.45. The van der Waals surface area contributed by atoms with Gasteiger partial charge in [0.2, 0.25) is 15.9 Å². The third-order valence-electron chi connectivity index (χ3n) is 5.04.